The van der Waals surface area contributed by atoms with Crippen molar-refractivity contribution in [1.29, 1.82) is 0 Å². The number of carbonyl (C=O) groups excluding carboxylic acids is 1. The molecule has 12 unspecified atom stereocenters. The van der Waals surface area contributed by atoms with Gasteiger partial charge in [-0.25, -0.2) is 0 Å². The summed E-state index contributed by atoms with van der Waals surface area (Å²) in [7, 11) is 0. The van der Waals surface area contributed by atoms with Crippen molar-refractivity contribution in [2.45, 2.75) is 338 Å². The van der Waals surface area contributed by atoms with Gasteiger partial charge in [0.1, 0.15) is 48.8 Å². The first-order chi connectivity index (χ1) is 39.6. The van der Waals surface area contributed by atoms with Crippen molar-refractivity contribution in [3.05, 3.63) is 60.8 Å². The summed E-state index contributed by atoms with van der Waals surface area (Å²) in [6, 6.07) is -0.937. The van der Waals surface area contributed by atoms with Crippen molar-refractivity contribution in [3.63, 3.8) is 0 Å². The molecule has 2 saturated heterocycles. The molecule has 0 aliphatic carbocycles. The van der Waals surface area contributed by atoms with Gasteiger partial charge in [-0.05, 0) is 70.6 Å². The molecule has 0 spiro atoms. The van der Waals surface area contributed by atoms with Crippen LogP contribution in [0.3, 0.4) is 0 Å². The third kappa shape index (κ3) is 37.0. The van der Waals surface area contributed by atoms with E-state index >= 15 is 0 Å². The number of hydrogen-bond donors (Lipinski definition) is 9. The first-order valence-corrected chi connectivity index (χ1v) is 33.0. The molecule has 0 aromatic rings. The van der Waals surface area contributed by atoms with E-state index < -0.39 is 86.8 Å². The molecule has 0 bridgehead atoms. The molecule has 9 N–H and O–H groups in total. The van der Waals surface area contributed by atoms with E-state index in [1.165, 1.54) is 180 Å². The van der Waals surface area contributed by atoms with Gasteiger partial charge in [0.2, 0.25) is 5.91 Å². The smallest absolute Gasteiger partial charge is 0.220 e. The topological polar surface area (TPSA) is 228 Å². The molecule has 81 heavy (non-hydrogen) atoms. The number of hydrogen-bond acceptors (Lipinski definition) is 13. The number of aliphatic hydroxyl groups excluding tert-OH is 8. The fourth-order valence-electron chi connectivity index (χ4n) is 10.6. The molecule has 0 aromatic carbocycles. The van der Waals surface area contributed by atoms with E-state index in [1.54, 1.807) is 6.08 Å². The van der Waals surface area contributed by atoms with Gasteiger partial charge in [-0.15, -0.1) is 0 Å². The van der Waals surface area contributed by atoms with E-state index in [4.69, 9.17) is 18.9 Å². The zero-order chi connectivity index (χ0) is 58.8. The number of amides is 1. The molecule has 2 fully saturated rings. The van der Waals surface area contributed by atoms with Gasteiger partial charge in [0.25, 0.3) is 0 Å². The summed E-state index contributed by atoms with van der Waals surface area (Å²) in [5, 5.41) is 87.3. The zero-order valence-electron chi connectivity index (χ0n) is 51.0. The number of rotatable bonds is 53. The number of ether oxygens (including phenoxy) is 4. The number of aliphatic hydroxyl groups is 8. The molecule has 1 amide bonds. The van der Waals surface area contributed by atoms with Gasteiger partial charge in [0.05, 0.1) is 32.0 Å². The second kappa shape index (κ2) is 52.1. The van der Waals surface area contributed by atoms with Gasteiger partial charge in [-0.1, -0.05) is 248 Å². The molecule has 0 aromatic heterocycles. The van der Waals surface area contributed by atoms with Crippen LogP contribution in [-0.2, 0) is 23.7 Å². The third-order valence-electron chi connectivity index (χ3n) is 15.9. The van der Waals surface area contributed by atoms with Crippen molar-refractivity contribution in [3.8, 4) is 0 Å². The summed E-state index contributed by atoms with van der Waals surface area (Å²) in [5.74, 6) is -0.253. The Labute approximate surface area is 492 Å². The van der Waals surface area contributed by atoms with Crippen LogP contribution in [0.1, 0.15) is 264 Å². The Kier molecular flexibility index (Phi) is 48.1. The maximum atomic E-state index is 13.3. The molecule has 14 heteroatoms. The van der Waals surface area contributed by atoms with Crippen LogP contribution in [0.2, 0.25) is 0 Å². The summed E-state index contributed by atoms with van der Waals surface area (Å²) < 4.78 is 22.8. The van der Waals surface area contributed by atoms with Gasteiger partial charge in [-0.3, -0.25) is 4.79 Å². The number of carbonyl (C=O) groups is 1. The molecular weight excluding hydrogens is 1030 g/mol. The molecule has 2 heterocycles. The van der Waals surface area contributed by atoms with Crippen LogP contribution >= 0.6 is 0 Å². The van der Waals surface area contributed by atoms with E-state index in [0.717, 1.165) is 51.4 Å². The summed E-state index contributed by atoms with van der Waals surface area (Å²) in [6.07, 6.45) is 51.2. The van der Waals surface area contributed by atoms with Crippen molar-refractivity contribution < 1.29 is 64.6 Å². The lowest BCUT2D eigenvalue weighted by molar-refractivity contribution is -0.359. The van der Waals surface area contributed by atoms with Crippen molar-refractivity contribution in [2.75, 3.05) is 19.8 Å². The van der Waals surface area contributed by atoms with Crippen LogP contribution in [0.4, 0.5) is 0 Å². The molecule has 2 aliphatic heterocycles. The molecule has 472 valence electrons. The summed E-state index contributed by atoms with van der Waals surface area (Å²) in [5.41, 5.74) is 0. The van der Waals surface area contributed by atoms with Crippen LogP contribution in [0, 0.1) is 0 Å². The Balaban J connectivity index is 1.74. The van der Waals surface area contributed by atoms with Gasteiger partial charge in [0, 0.05) is 6.42 Å². The quantitative estimate of drug-likeness (QED) is 0.0204. The van der Waals surface area contributed by atoms with Gasteiger partial charge in [0.15, 0.2) is 12.6 Å². The van der Waals surface area contributed by atoms with Crippen molar-refractivity contribution >= 4 is 5.91 Å². The molecule has 2 rings (SSSR count). The molecule has 2 aliphatic rings. The fourth-order valence-corrected chi connectivity index (χ4v) is 10.6. The monoisotopic (exact) mass is 1150 g/mol. The average Bonchev–Trinajstić information content (AvgIpc) is 3.47. The maximum absolute atomic E-state index is 13.3. The van der Waals surface area contributed by atoms with E-state index in [1.807, 2.05) is 6.08 Å². The van der Waals surface area contributed by atoms with Gasteiger partial charge < -0.3 is 65.1 Å². The number of allylic oxidation sites excluding steroid dienone is 9. The van der Waals surface area contributed by atoms with Crippen LogP contribution in [0.5, 0.6) is 0 Å². The second-order valence-electron chi connectivity index (χ2n) is 23.2. The molecule has 14 nitrogen and oxygen atoms in total. The summed E-state index contributed by atoms with van der Waals surface area (Å²) in [4.78, 5) is 13.3. The lowest BCUT2D eigenvalue weighted by atomic mass is 9.97. The van der Waals surface area contributed by atoms with E-state index in [9.17, 15) is 45.6 Å². The van der Waals surface area contributed by atoms with Gasteiger partial charge >= 0.3 is 0 Å². The zero-order valence-corrected chi connectivity index (χ0v) is 51.0. The van der Waals surface area contributed by atoms with Crippen LogP contribution < -0.4 is 5.32 Å². The first kappa shape index (κ1) is 74.8. The third-order valence-corrected chi connectivity index (χ3v) is 15.9. The maximum Gasteiger partial charge on any atom is 0.220 e. The molecule has 12 atom stereocenters. The lowest BCUT2D eigenvalue weighted by Crippen LogP contribution is -2.65. The summed E-state index contributed by atoms with van der Waals surface area (Å²) in [6.45, 7) is 2.79. The Morgan fingerprint density at radius 2 is 0.827 bits per heavy atom. The van der Waals surface area contributed by atoms with Crippen LogP contribution in [-0.4, -0.2) is 140 Å². The second-order valence-corrected chi connectivity index (χ2v) is 23.2. The Morgan fingerprint density at radius 1 is 0.444 bits per heavy atom. The number of unbranched alkanes of at least 4 members (excludes halogenated alkanes) is 32. The highest BCUT2D eigenvalue weighted by atomic mass is 16.7. The van der Waals surface area contributed by atoms with Crippen molar-refractivity contribution in [1.82, 2.24) is 5.32 Å². The van der Waals surface area contributed by atoms with E-state index in [-0.39, 0.29) is 18.9 Å². The Hall–Kier alpha value is -2.31. The highest BCUT2D eigenvalue weighted by Gasteiger charge is 2.51. The average molecular weight is 1150 g/mol. The first-order valence-electron chi connectivity index (χ1n) is 33.0. The van der Waals surface area contributed by atoms with Crippen molar-refractivity contribution in [2.24, 2.45) is 0 Å². The summed E-state index contributed by atoms with van der Waals surface area (Å²) >= 11 is 0. The molecule has 0 saturated carbocycles. The largest absolute Gasteiger partial charge is 0.394 e. The normalized spacial score (nSPS) is 24.5. The Morgan fingerprint density at radius 3 is 1.30 bits per heavy atom. The van der Waals surface area contributed by atoms with E-state index in [0.29, 0.717) is 12.8 Å². The predicted octanol–water partition coefficient (Wildman–Crippen LogP) is 12.5. The van der Waals surface area contributed by atoms with Crippen LogP contribution in [0.15, 0.2) is 60.8 Å². The highest BCUT2D eigenvalue weighted by Crippen LogP contribution is 2.30. The highest BCUT2D eigenvalue weighted by molar-refractivity contribution is 5.76. The minimum atomic E-state index is -1.79. The minimum Gasteiger partial charge on any atom is -0.394 e. The molecular formula is C67H121NO13. The number of nitrogens with one attached hydrogen (secondary N) is 1. The minimum absolute atomic E-state index is 0.253. The van der Waals surface area contributed by atoms with E-state index in [2.05, 4.69) is 67.8 Å². The molecule has 0 radical (unpaired) electrons. The fraction of sp³-hybridized carbons (Fsp3) is 0.836. The Bertz CT molecular complexity index is 1590. The lowest BCUT2D eigenvalue weighted by Gasteiger charge is -2.46. The predicted molar refractivity (Wildman–Crippen MR) is 327 cm³/mol. The standard InChI is InChI=1S/C67H121NO13/c1-3-5-7-9-11-13-15-17-19-21-23-25-27-28-29-31-33-35-37-39-41-43-45-47-49-51-59(72)68-55(54-78-66-64(77)62(75)65(58(53-70)80-66)81-67-63(76)61(74)60(73)57(52-69)79-67)56(71)50-48-46-44-42-40-38-36-34-32-30-26-24-22-20-18-16-14-12-10-8-6-4-2/h15,17,21,23,27-28,40,42,48,50,55-58,60-67,69-71,73-77H,3-14,16,18-20,22,24-26,29-39,41,43-47,49,51-54H2,1-2H3,(H,68,72)/b17-15-,23-21-,28-27-,42-40+,50-48+. The van der Waals surface area contributed by atoms with Crippen LogP contribution in [0.25, 0.3) is 0 Å². The van der Waals surface area contributed by atoms with Gasteiger partial charge in [-0.2, -0.15) is 0 Å². The SMILES string of the molecule is CCCCCCC/C=C\C/C=C\C/C=C\CCCCCCCCCCCCC(=O)NC(COC1OC(CO)C(OC2OC(CO)C(O)C(O)C2O)C(O)C1O)C(O)/C=C/CC/C=C/CCCCCCCCCCCCCCCCCC.